The number of aryl methyl sites for hydroxylation is 6. The number of pyridine rings is 3. The average molecular weight is 2010 g/mol. The van der Waals surface area contributed by atoms with Crippen LogP contribution in [0.15, 0.2) is 188 Å². The number of aromatic nitrogens is 3. The Labute approximate surface area is 830 Å². The Morgan fingerprint density at radius 1 is 0.358 bits per heavy atom. The van der Waals surface area contributed by atoms with E-state index >= 15 is 0 Å². The van der Waals surface area contributed by atoms with E-state index in [0.29, 0.717) is 44.0 Å². The van der Waals surface area contributed by atoms with Crippen molar-refractivity contribution in [2.45, 2.75) is 96.3 Å². The predicted octanol–water partition coefficient (Wildman–Crippen LogP) is 5.59. The van der Waals surface area contributed by atoms with Gasteiger partial charge in [0, 0.05) is 86.1 Å². The summed E-state index contributed by atoms with van der Waals surface area (Å²) in [6.45, 7) is 8.45. The van der Waals surface area contributed by atoms with Gasteiger partial charge in [-0.25, -0.2) is 0 Å². The van der Waals surface area contributed by atoms with Crippen LogP contribution in [0.25, 0.3) is 66.1 Å². The third kappa shape index (κ3) is 18.1. The maximum absolute atomic E-state index is 9.87. The fourth-order valence-corrected chi connectivity index (χ4v) is 21.2. The Hall–Kier alpha value is -12.8. The number of fused-ring (bicyclic) bond motifs is 23. The van der Waals surface area contributed by atoms with Gasteiger partial charge < -0.3 is 154 Å². The molecule has 0 saturated carbocycles. The normalized spacial score (nSPS) is 16.1. The fourth-order valence-electron chi connectivity index (χ4n) is 21.2. The minimum atomic E-state index is -0.102. The van der Waals surface area contributed by atoms with Crippen molar-refractivity contribution in [3.63, 3.8) is 0 Å². The van der Waals surface area contributed by atoms with Crippen LogP contribution in [0.1, 0.15) is 78.8 Å². The van der Waals surface area contributed by atoms with E-state index < -0.39 is 0 Å². The van der Waals surface area contributed by atoms with Crippen molar-refractivity contribution in [1.82, 2.24) is 4.90 Å². The zero-order valence-electron chi connectivity index (χ0n) is 78.2. The van der Waals surface area contributed by atoms with E-state index in [-0.39, 0.29) is 78.1 Å². The molecule has 25 nitrogen and oxygen atoms in total. The van der Waals surface area contributed by atoms with Crippen LogP contribution < -0.4 is 153 Å². The standard InChI is InChI=1S/C27H28NO4.C21H22NO4.C20H21NO4.C20H18NO4.C19H17NO4.BrH.4ClH/c1-29-24-9-8-19-12-23-21-14-26-25(31-17-32-26)13-20(21)10-11-28(23,16-22(19)27(24)30-2)15-18-6-4-3-5-7-18;1-23-18-6-5-13-9-17-15-11-20(25-3)19(24-2)10-14(15)7-8-22(17)12-16(13)21(18)26-4;2*1-22-17-4-3-12-7-16-14-9-19-18(24-11-25-19)8-13(14)5-6-21(16)10-15(12)20(17)23-2;1-23-18-4-3-11-7-15-13-9-17(22)16(21)8-12(13)5-6-20(15)10-14(11)19(18)24-2;;;;;/h3-9,13-14,23H,10-12,15-17H2,1-2H3;5-6,9-12H,7-8H2,1-4H3;3-4,8-9,16H,5-7,10-11H2,1-2H3;3-4,7-10H,5-6,11H2,1-2H3;3-4,7-10,22H,5-6H2,1-2H3;5*1H/q2*+1;;+1;;;;;;/p-3. The van der Waals surface area contributed by atoms with Crippen LogP contribution in [0.4, 0.5) is 0 Å². The lowest BCUT2D eigenvalue weighted by Gasteiger charge is -2.51. The Morgan fingerprint density at radius 3 is 1.23 bits per heavy atom. The molecule has 10 aliphatic heterocycles. The second-order valence-electron chi connectivity index (χ2n) is 34.3. The smallest absolute Gasteiger partial charge is 0.231 e. The topological polar surface area (TPSA) is 221 Å². The Kier molecular flexibility index (Phi) is 30.0. The van der Waals surface area contributed by atoms with Crippen LogP contribution in [-0.4, -0.2) is 138 Å². The van der Waals surface area contributed by atoms with E-state index in [4.69, 9.17) is 85.3 Å². The van der Waals surface area contributed by atoms with Crippen LogP contribution >= 0.6 is 12.4 Å². The van der Waals surface area contributed by atoms with Crippen LogP contribution in [0, 0.1) is 0 Å². The lowest BCUT2D eigenvalue weighted by Crippen LogP contribution is -3.00. The molecule has 14 aromatic rings. The third-order valence-corrected chi connectivity index (χ3v) is 27.7. The second-order valence-corrected chi connectivity index (χ2v) is 34.3. The van der Waals surface area contributed by atoms with Crippen LogP contribution in [0.3, 0.4) is 0 Å². The van der Waals surface area contributed by atoms with E-state index in [1.54, 1.807) is 97.5 Å². The van der Waals surface area contributed by atoms with E-state index in [1.807, 2.05) is 36.4 Å². The Morgan fingerprint density at radius 2 is 0.745 bits per heavy atom. The summed E-state index contributed by atoms with van der Waals surface area (Å²) < 4.78 is 108. The highest BCUT2D eigenvalue weighted by Crippen LogP contribution is 2.54. The number of hydrogen-bond acceptors (Lipinski definition) is 21. The number of halogens is 5. The summed E-state index contributed by atoms with van der Waals surface area (Å²) in [5.41, 5.74) is 22.4. The Bertz CT molecular complexity index is 6920. The van der Waals surface area contributed by atoms with E-state index in [9.17, 15) is 10.2 Å². The quantitative estimate of drug-likeness (QED) is 0.0770. The van der Waals surface area contributed by atoms with Gasteiger partial charge in [0.05, 0.1) is 130 Å². The van der Waals surface area contributed by atoms with E-state index in [0.717, 1.165) is 249 Å². The van der Waals surface area contributed by atoms with Gasteiger partial charge in [-0.1, -0.05) is 42.5 Å². The van der Waals surface area contributed by atoms with Crippen LogP contribution in [0.2, 0.25) is 0 Å². The maximum Gasteiger partial charge on any atom is 0.231 e. The number of hydrogen-bond donors (Lipinski definition) is 2. The molecule has 137 heavy (non-hydrogen) atoms. The number of aromatic hydroxyl groups is 2. The van der Waals surface area contributed by atoms with E-state index in [1.165, 1.54) is 78.0 Å². The first-order chi connectivity index (χ1) is 64.6. The molecule has 716 valence electrons. The summed E-state index contributed by atoms with van der Waals surface area (Å²) in [5, 5.41) is 25.9. The molecule has 0 spiro atoms. The van der Waals surface area contributed by atoms with Crippen molar-refractivity contribution >= 4 is 44.7 Å². The van der Waals surface area contributed by atoms with Crippen molar-refractivity contribution in [2.75, 3.05) is 119 Å². The van der Waals surface area contributed by atoms with Gasteiger partial charge in [0.2, 0.25) is 37.5 Å². The minimum absolute atomic E-state index is 0. The zero-order valence-corrected chi connectivity index (χ0v) is 82.8. The first kappa shape index (κ1) is 98.7. The highest BCUT2D eigenvalue weighted by Gasteiger charge is 2.49. The van der Waals surface area contributed by atoms with Crippen LogP contribution in [-0.2, 0) is 84.2 Å². The predicted molar refractivity (Wildman–Crippen MR) is 503 cm³/mol. The third-order valence-electron chi connectivity index (χ3n) is 27.7. The van der Waals surface area contributed by atoms with E-state index in [2.05, 4.69) is 159 Å². The van der Waals surface area contributed by atoms with Gasteiger partial charge in [0.15, 0.2) is 153 Å². The molecule has 0 bridgehead atoms. The van der Waals surface area contributed by atoms with Gasteiger partial charge in [0.1, 0.15) is 19.1 Å². The first-order valence-corrected chi connectivity index (χ1v) is 44.5. The molecule has 0 amide bonds. The number of phenols is 2. The summed E-state index contributed by atoms with van der Waals surface area (Å²) in [6, 6.07) is 58.8. The lowest BCUT2D eigenvalue weighted by atomic mass is 9.80. The molecule has 2 N–H and O–H groups in total. The van der Waals surface area contributed by atoms with Crippen molar-refractivity contribution in [3.05, 3.63) is 255 Å². The number of ether oxygens (including phenoxy) is 18. The number of quaternary nitrogens is 1. The number of nitrogens with zero attached hydrogens (tertiary/aromatic N) is 5. The monoisotopic (exact) mass is 2000 g/mol. The molecule has 0 saturated heterocycles. The molecule has 13 heterocycles. The summed E-state index contributed by atoms with van der Waals surface area (Å²) in [4.78, 5) is 2.54. The largest absolute Gasteiger partial charge is 1.00 e. The zero-order chi connectivity index (χ0) is 90.7. The molecule has 30 heteroatoms. The number of methoxy groups -OCH3 is 12. The van der Waals surface area contributed by atoms with Crippen LogP contribution in [0.5, 0.6) is 115 Å². The molecule has 3 unspecified atom stereocenters. The summed E-state index contributed by atoms with van der Waals surface area (Å²) in [6.07, 6.45) is 13.0. The highest BCUT2D eigenvalue weighted by atomic mass is 79.9. The van der Waals surface area contributed by atoms with Gasteiger partial charge in [0.25, 0.3) is 0 Å². The molecule has 11 aromatic carbocycles. The van der Waals surface area contributed by atoms with Gasteiger partial charge >= 0.3 is 0 Å². The van der Waals surface area contributed by atoms with Crippen molar-refractivity contribution in [2.24, 2.45) is 0 Å². The van der Waals surface area contributed by atoms with Gasteiger partial charge in [-0.2, -0.15) is 13.7 Å². The molecule has 3 atom stereocenters. The van der Waals surface area contributed by atoms with Crippen molar-refractivity contribution in [1.29, 1.82) is 0 Å². The molecular weight excluding hydrogens is 1900 g/mol. The first-order valence-electron chi connectivity index (χ1n) is 44.5. The average Bonchev–Trinajstić information content (AvgIpc) is 1.67. The number of rotatable bonds is 14. The second kappa shape index (κ2) is 41.6. The molecular formula is C107H108BrCl4N5O20. The van der Waals surface area contributed by atoms with Gasteiger partial charge in [-0.15, -0.1) is 12.4 Å². The maximum atomic E-state index is 9.87. The lowest BCUT2D eigenvalue weighted by molar-refractivity contribution is -0.985. The molecule has 0 aliphatic carbocycles. The molecule has 24 rings (SSSR count). The van der Waals surface area contributed by atoms with Crippen molar-refractivity contribution < 1.29 is 168 Å². The summed E-state index contributed by atoms with van der Waals surface area (Å²) >= 11 is 0. The highest BCUT2D eigenvalue weighted by molar-refractivity contribution is 5.94. The number of phenolic OH excluding ortho intramolecular Hbond substituents is 2. The van der Waals surface area contributed by atoms with Crippen molar-refractivity contribution in [3.8, 4) is 149 Å². The SMILES string of the molecule is COc1cc2c(cc1OC)-c1cc3ccc(OC)c(OC)c3c[n+]1CC2.COc1ccc2c(c1OC)CN1CCc3cc4c(cc3C1C2)OCO4.COc1ccc2c(c1OC)C[N+]1(Cc3ccccc3)CCc3cc4c(cc3C1C2)OCO4.COc1ccc2cc3[n+](cc2c1OC)CCc1cc(O)c(O)cc1-3.COc1ccc2cc3[n+](cc2c1OC)CCc1cc2c(cc1-3)OCO2.Cl.[Br-].[Cl-].[Cl-].[Cl-]. The fraction of sp³-hybridized carbons (Fsp3) is 0.299. The molecule has 10 aliphatic rings. The molecule has 0 radical (unpaired) electrons. The summed E-state index contributed by atoms with van der Waals surface area (Å²) in [5.74, 6) is 14.3. The Balaban J connectivity index is 0.000000129. The minimum Gasteiger partial charge on any atom is -1.00 e. The number of benzene rings is 11. The summed E-state index contributed by atoms with van der Waals surface area (Å²) in [7, 11) is 20.1. The molecule has 3 aromatic heterocycles. The van der Waals surface area contributed by atoms with Gasteiger partial charge in [-0.05, 0) is 183 Å². The molecule has 0 fully saturated rings. The van der Waals surface area contributed by atoms with Gasteiger partial charge in [-0.3, -0.25) is 4.90 Å².